The molecule has 1 aromatic carbocycles. The molecule has 0 amide bonds. The Morgan fingerprint density at radius 3 is 2.26 bits per heavy atom. The molecule has 3 saturated heterocycles. The number of nitrogens with one attached hydrogen (secondary N) is 1. The second-order valence-corrected chi connectivity index (χ2v) is 24.6. The molecule has 22 heteroatoms. The van der Waals surface area contributed by atoms with Gasteiger partial charge in [-0.3, -0.25) is 4.79 Å². The van der Waals surface area contributed by atoms with Crippen LogP contribution in [0.3, 0.4) is 0 Å². The molecule has 6 rings (SSSR count). The van der Waals surface area contributed by atoms with E-state index in [-0.39, 0.29) is 36.1 Å². The van der Waals surface area contributed by atoms with Crippen molar-refractivity contribution in [3.05, 3.63) is 41.7 Å². The van der Waals surface area contributed by atoms with E-state index in [1.807, 2.05) is 37.7 Å². The summed E-state index contributed by atoms with van der Waals surface area (Å²) < 4.78 is 82.0. The molecule has 19 atom stereocenters. The van der Waals surface area contributed by atoms with E-state index in [2.05, 4.69) is 15.0 Å². The summed E-state index contributed by atoms with van der Waals surface area (Å²) in [6.45, 7) is 17.1. The van der Waals surface area contributed by atoms with E-state index in [0.29, 0.717) is 31.6 Å². The van der Waals surface area contributed by atoms with Gasteiger partial charge >= 0.3 is 5.97 Å². The van der Waals surface area contributed by atoms with Gasteiger partial charge in [0.15, 0.2) is 12.6 Å². The van der Waals surface area contributed by atoms with Crippen molar-refractivity contribution in [1.82, 2.24) is 29.5 Å². The quantitative estimate of drug-likeness (QED) is 0.132. The normalized spacial score (nSPS) is 40.1. The number of aliphatic hydroxyl groups excluding tert-OH is 3. The molecule has 74 heavy (non-hydrogen) atoms. The summed E-state index contributed by atoms with van der Waals surface area (Å²) in [5, 5.41) is 67.9. The van der Waals surface area contributed by atoms with Crippen molar-refractivity contribution >= 4 is 16.0 Å². The first-order valence-electron chi connectivity index (χ1n) is 26.4. The number of sulfonamides is 1. The van der Waals surface area contributed by atoms with Crippen molar-refractivity contribution in [2.24, 2.45) is 17.8 Å². The summed E-state index contributed by atoms with van der Waals surface area (Å²) in [5.41, 5.74) is -3.28. The predicted molar refractivity (Wildman–Crippen MR) is 271 cm³/mol. The molecule has 1 saturated carbocycles. The predicted octanol–water partition coefficient (Wildman–Crippen LogP) is 2.91. The Bertz CT molecular complexity index is 2240. The largest absolute Gasteiger partial charge is 0.459 e. The SMILES string of the molecule is CO[C@]1(C)C[C@H](O[C@H]2[C@H](C)[C@@H](O[C@@H]3O[C@H](C)C[C@H](N(C)CCc4cn([C@H](CF)Cc5ccc(S(=O)(=O)NC6CC6)cc5)nn4)[C@H]3O)[C@](C)(O)C[C@@H](C)CN(C)[C@H](C)[C@@H](O)[C@](C)(O)[C@@H](C)OC(=O)[C@@H]2C)O[C@@H](C)[C@@H]1O. The van der Waals surface area contributed by atoms with E-state index < -0.39 is 131 Å². The summed E-state index contributed by atoms with van der Waals surface area (Å²) in [5.74, 6) is -2.93. The number of benzene rings is 1. The third-order valence-corrected chi connectivity index (χ3v) is 17.9. The molecule has 6 N–H and O–H groups in total. The molecule has 0 spiro atoms. The minimum atomic E-state index is -3.62. The molecule has 20 nitrogen and oxygen atoms in total. The Labute approximate surface area is 437 Å². The van der Waals surface area contributed by atoms with Gasteiger partial charge in [0.2, 0.25) is 10.0 Å². The van der Waals surface area contributed by atoms with E-state index in [0.717, 1.165) is 18.4 Å². The zero-order valence-electron chi connectivity index (χ0n) is 45.7. The van der Waals surface area contributed by atoms with Crippen LogP contribution in [0, 0.1) is 17.8 Å². The smallest absolute Gasteiger partial charge is 0.311 e. The van der Waals surface area contributed by atoms with Gasteiger partial charge in [0, 0.05) is 63.3 Å². The number of alkyl halides is 1. The lowest BCUT2D eigenvalue weighted by molar-refractivity contribution is -0.318. The molecule has 2 aromatic rings. The fourth-order valence-corrected chi connectivity index (χ4v) is 12.4. The number of nitrogens with zero attached hydrogens (tertiary/aromatic N) is 5. The third-order valence-electron chi connectivity index (χ3n) is 16.4. The van der Waals surface area contributed by atoms with Crippen LogP contribution < -0.4 is 4.72 Å². The second-order valence-electron chi connectivity index (χ2n) is 22.9. The van der Waals surface area contributed by atoms with Gasteiger partial charge in [-0.15, -0.1) is 5.10 Å². The minimum Gasteiger partial charge on any atom is -0.459 e. The number of aromatic nitrogens is 3. The van der Waals surface area contributed by atoms with Crippen molar-refractivity contribution in [3.8, 4) is 0 Å². The van der Waals surface area contributed by atoms with Crippen LogP contribution in [-0.4, -0.2) is 202 Å². The molecule has 3 aliphatic heterocycles. The molecule has 0 bridgehead atoms. The van der Waals surface area contributed by atoms with Crippen LogP contribution in [-0.2, 0) is 56.1 Å². The topological polar surface area (TPSA) is 257 Å². The maximum Gasteiger partial charge on any atom is 0.311 e. The van der Waals surface area contributed by atoms with Gasteiger partial charge in [-0.1, -0.05) is 31.2 Å². The number of hydrogen-bond acceptors (Lipinski definition) is 18. The Kier molecular flexibility index (Phi) is 20.0. The van der Waals surface area contributed by atoms with Crippen LogP contribution in [0.15, 0.2) is 35.4 Å². The van der Waals surface area contributed by atoms with Crippen molar-refractivity contribution < 1.29 is 71.6 Å². The number of cyclic esters (lactones) is 1. The van der Waals surface area contributed by atoms with Crippen molar-refractivity contribution in [2.75, 3.05) is 41.0 Å². The van der Waals surface area contributed by atoms with Gasteiger partial charge in [0.1, 0.15) is 36.7 Å². The van der Waals surface area contributed by atoms with Gasteiger partial charge in [0.25, 0.3) is 0 Å². The zero-order chi connectivity index (χ0) is 54.8. The van der Waals surface area contributed by atoms with Crippen LogP contribution in [0.5, 0.6) is 0 Å². The molecule has 422 valence electrons. The number of carbonyl (C=O) groups excluding carboxylic acids is 1. The molecule has 0 unspecified atom stereocenters. The monoisotopic (exact) mass is 1070 g/mol. The summed E-state index contributed by atoms with van der Waals surface area (Å²) >= 11 is 0. The number of hydrogen-bond donors (Lipinski definition) is 6. The lowest BCUT2D eigenvalue weighted by atomic mass is 9.77. The van der Waals surface area contributed by atoms with Crippen LogP contribution in [0.4, 0.5) is 4.39 Å². The van der Waals surface area contributed by atoms with Crippen LogP contribution in [0.1, 0.15) is 119 Å². The Morgan fingerprint density at radius 2 is 1.64 bits per heavy atom. The van der Waals surface area contributed by atoms with Crippen molar-refractivity contribution in [1.29, 1.82) is 0 Å². The average molecular weight is 1070 g/mol. The molecular weight excluding hydrogens is 984 g/mol. The number of esters is 1. The summed E-state index contributed by atoms with van der Waals surface area (Å²) in [4.78, 5) is 18.4. The number of methoxy groups -OCH3 is 1. The van der Waals surface area contributed by atoms with Crippen LogP contribution in [0.2, 0.25) is 0 Å². The van der Waals surface area contributed by atoms with Gasteiger partial charge in [-0.25, -0.2) is 22.2 Å². The van der Waals surface area contributed by atoms with E-state index in [1.165, 1.54) is 37.8 Å². The van der Waals surface area contributed by atoms with Crippen molar-refractivity contribution in [3.63, 3.8) is 0 Å². The van der Waals surface area contributed by atoms with Crippen LogP contribution >= 0.6 is 0 Å². The van der Waals surface area contributed by atoms with E-state index in [4.69, 9.17) is 28.4 Å². The number of rotatable bonds is 16. The average Bonchev–Trinajstić information content (AvgIpc) is 4.02. The maximum absolute atomic E-state index is 14.5. The van der Waals surface area contributed by atoms with E-state index in [9.17, 15) is 43.1 Å². The summed E-state index contributed by atoms with van der Waals surface area (Å²) in [6, 6.07) is 4.61. The summed E-state index contributed by atoms with van der Waals surface area (Å²) in [6.07, 6.45) is -5.82. The number of carbonyl (C=O) groups is 1. The molecule has 4 heterocycles. The highest BCUT2D eigenvalue weighted by Crippen LogP contribution is 2.40. The molecule has 4 aliphatic rings. The van der Waals surface area contributed by atoms with Crippen molar-refractivity contribution in [2.45, 2.75) is 221 Å². The van der Waals surface area contributed by atoms with Gasteiger partial charge < -0.3 is 63.8 Å². The standard InChI is InChI=1S/C52H87FN6O14S/c1-29-24-50(8,64)47(31(3)44(72-42-25-51(9,68-13)46(62)34(6)70-42)32(4)48(63)71-35(7)52(10,65)45(61)33(5)58(12)27-29)73-49-43(60)41(22-30(2)69-49)57(11)21-20-38-28-59(56-54-38)39(26-53)23-36-14-18-40(19-15-36)74(66,67)55-37-16-17-37/h14-15,18-19,28-35,37,39,41-47,49,55,60-62,64-65H,16-17,20-27H2,1-13H3/t29-,30-,31+,32-,33-,34+,35-,39+,41+,42+,43-,44+,45-,46+,47-,49+,50-,51-,52-/m1/s1. The molecule has 4 fully saturated rings. The van der Waals surface area contributed by atoms with E-state index >= 15 is 0 Å². The van der Waals surface area contributed by atoms with Gasteiger partial charge in [0.05, 0.1) is 58.2 Å². The fraction of sp³-hybridized carbons (Fsp3) is 0.827. The third kappa shape index (κ3) is 14.3. The first-order valence-corrected chi connectivity index (χ1v) is 27.8. The first-order chi connectivity index (χ1) is 34.5. The maximum atomic E-state index is 14.5. The fourth-order valence-electron chi connectivity index (χ4n) is 11.1. The molecular formula is C52H87FN6O14S. The highest BCUT2D eigenvalue weighted by atomic mass is 32.2. The minimum absolute atomic E-state index is 0.0213. The number of halogens is 1. The summed E-state index contributed by atoms with van der Waals surface area (Å²) in [7, 11) is 1.54. The van der Waals surface area contributed by atoms with Gasteiger partial charge in [-0.2, -0.15) is 0 Å². The number of likely N-dealkylation sites (N-methyl/N-ethyl adjacent to an activating group) is 2. The molecule has 0 radical (unpaired) electrons. The number of aliphatic hydroxyl groups is 5. The Balaban J connectivity index is 1.22. The first kappa shape index (κ1) is 60.4. The zero-order valence-corrected chi connectivity index (χ0v) is 46.5. The highest BCUT2D eigenvalue weighted by molar-refractivity contribution is 7.89. The Morgan fingerprint density at radius 1 is 0.973 bits per heavy atom. The van der Waals surface area contributed by atoms with Gasteiger partial charge in [-0.05, 0) is 125 Å². The molecule has 1 aliphatic carbocycles. The lowest BCUT2D eigenvalue weighted by Crippen LogP contribution is -2.61. The Hall–Kier alpha value is -2.81. The second kappa shape index (κ2) is 24.5. The van der Waals surface area contributed by atoms with Crippen LogP contribution in [0.25, 0.3) is 0 Å². The lowest BCUT2D eigenvalue weighted by Gasteiger charge is -2.49. The highest BCUT2D eigenvalue weighted by Gasteiger charge is 2.52. The van der Waals surface area contributed by atoms with E-state index in [1.54, 1.807) is 59.9 Å². The molecule has 1 aromatic heterocycles. The number of ether oxygens (including phenoxy) is 6.